The van der Waals surface area contributed by atoms with Crippen LogP contribution in [0.1, 0.15) is 17.2 Å². The van der Waals surface area contributed by atoms with Gasteiger partial charge in [-0.3, -0.25) is 0 Å². The van der Waals surface area contributed by atoms with Crippen molar-refractivity contribution in [2.45, 2.75) is 13.0 Å². The molecule has 110 valence electrons. The molecule has 0 fully saturated rings. The first-order chi connectivity index (χ1) is 10.1. The maximum absolute atomic E-state index is 13.6. The Balaban J connectivity index is 2.05. The summed E-state index contributed by atoms with van der Waals surface area (Å²) in [7, 11) is 0. The minimum atomic E-state index is -0.567. The molecule has 0 radical (unpaired) electrons. The fraction of sp³-hybridized carbons (Fsp3) is 0.188. The molecule has 2 aromatic rings. The number of rotatable bonds is 4. The first kappa shape index (κ1) is 15.0. The molecule has 1 atom stereocenters. The van der Waals surface area contributed by atoms with E-state index < -0.39 is 17.9 Å². The molecule has 0 aliphatic heterocycles. The molecular weight excluding hydrogens is 271 g/mol. The van der Waals surface area contributed by atoms with Crippen LogP contribution in [0, 0.1) is 12.7 Å². The zero-order chi connectivity index (χ0) is 15.2. The van der Waals surface area contributed by atoms with Crippen LogP contribution < -0.4 is 10.6 Å². The molecule has 1 unspecified atom stereocenters. The van der Waals surface area contributed by atoms with Gasteiger partial charge in [-0.1, -0.05) is 36.4 Å². The zero-order valence-electron chi connectivity index (χ0n) is 11.6. The lowest BCUT2D eigenvalue weighted by Crippen LogP contribution is -2.34. The number of urea groups is 1. The largest absolute Gasteiger partial charge is 0.394 e. The van der Waals surface area contributed by atoms with Gasteiger partial charge in [0, 0.05) is 0 Å². The second kappa shape index (κ2) is 6.85. The maximum atomic E-state index is 13.6. The third-order valence-corrected chi connectivity index (χ3v) is 3.06. The van der Waals surface area contributed by atoms with Crippen LogP contribution in [0.25, 0.3) is 0 Å². The van der Waals surface area contributed by atoms with E-state index in [1.54, 1.807) is 24.3 Å². The quantitative estimate of drug-likeness (QED) is 0.810. The van der Waals surface area contributed by atoms with Crippen LogP contribution in [-0.4, -0.2) is 17.7 Å². The van der Waals surface area contributed by atoms with Crippen molar-refractivity contribution in [3.63, 3.8) is 0 Å². The van der Waals surface area contributed by atoms with Gasteiger partial charge in [0.25, 0.3) is 0 Å². The molecule has 0 aromatic heterocycles. The number of amides is 2. The molecule has 4 nitrogen and oxygen atoms in total. The molecule has 2 rings (SSSR count). The second-order valence-corrected chi connectivity index (χ2v) is 4.73. The van der Waals surface area contributed by atoms with Crippen molar-refractivity contribution >= 4 is 11.7 Å². The van der Waals surface area contributed by atoms with E-state index in [9.17, 15) is 14.3 Å². The number of aliphatic hydroxyl groups excluding tert-OH is 1. The van der Waals surface area contributed by atoms with Crippen LogP contribution in [0.2, 0.25) is 0 Å². The Kier molecular flexibility index (Phi) is 4.90. The van der Waals surface area contributed by atoms with Crippen molar-refractivity contribution in [3.05, 3.63) is 65.5 Å². The number of nitrogens with one attached hydrogen (secondary N) is 2. The SMILES string of the molecule is Cc1ccc(F)c(NC(=O)NC(CO)c2ccccc2)c1. The monoisotopic (exact) mass is 288 g/mol. The summed E-state index contributed by atoms with van der Waals surface area (Å²) in [6, 6.07) is 12.4. The number of benzene rings is 2. The average Bonchev–Trinajstić information content (AvgIpc) is 2.49. The van der Waals surface area contributed by atoms with Crippen molar-refractivity contribution < 1.29 is 14.3 Å². The Hall–Kier alpha value is -2.40. The molecule has 0 aliphatic rings. The van der Waals surface area contributed by atoms with Crippen LogP contribution in [0.15, 0.2) is 48.5 Å². The van der Waals surface area contributed by atoms with Gasteiger partial charge >= 0.3 is 6.03 Å². The van der Waals surface area contributed by atoms with Crippen molar-refractivity contribution in [1.82, 2.24) is 5.32 Å². The Bertz CT molecular complexity index is 617. The van der Waals surface area contributed by atoms with E-state index in [0.29, 0.717) is 0 Å². The summed E-state index contributed by atoms with van der Waals surface area (Å²) in [5.41, 5.74) is 1.73. The van der Waals surface area contributed by atoms with Crippen LogP contribution in [0.3, 0.4) is 0 Å². The van der Waals surface area contributed by atoms with Crippen molar-refractivity contribution in [2.75, 3.05) is 11.9 Å². The molecule has 0 saturated carbocycles. The molecular formula is C16H17FN2O2. The number of carbonyl (C=O) groups excluding carboxylic acids is 1. The summed E-state index contributed by atoms with van der Waals surface area (Å²) in [4.78, 5) is 11.9. The van der Waals surface area contributed by atoms with E-state index in [-0.39, 0.29) is 12.3 Å². The van der Waals surface area contributed by atoms with E-state index in [0.717, 1.165) is 11.1 Å². The van der Waals surface area contributed by atoms with E-state index in [1.165, 1.54) is 6.07 Å². The fourth-order valence-corrected chi connectivity index (χ4v) is 1.97. The number of halogens is 1. The van der Waals surface area contributed by atoms with E-state index >= 15 is 0 Å². The van der Waals surface area contributed by atoms with Gasteiger partial charge in [0.1, 0.15) is 5.82 Å². The fourth-order valence-electron chi connectivity index (χ4n) is 1.97. The Morgan fingerprint density at radius 2 is 1.95 bits per heavy atom. The number of anilines is 1. The lowest BCUT2D eigenvalue weighted by molar-refractivity contribution is 0.225. The lowest BCUT2D eigenvalue weighted by atomic mass is 10.1. The highest BCUT2D eigenvalue weighted by Gasteiger charge is 2.14. The van der Waals surface area contributed by atoms with E-state index in [1.807, 2.05) is 25.1 Å². The van der Waals surface area contributed by atoms with Gasteiger partial charge in [-0.25, -0.2) is 9.18 Å². The van der Waals surface area contributed by atoms with Crippen molar-refractivity contribution in [2.24, 2.45) is 0 Å². The predicted octanol–water partition coefficient (Wildman–Crippen LogP) is 2.99. The first-order valence-corrected chi connectivity index (χ1v) is 6.59. The highest BCUT2D eigenvalue weighted by Crippen LogP contribution is 2.16. The molecule has 2 amide bonds. The minimum Gasteiger partial charge on any atom is -0.394 e. The van der Waals surface area contributed by atoms with Gasteiger partial charge in [0.05, 0.1) is 18.3 Å². The minimum absolute atomic E-state index is 0.109. The number of aliphatic hydroxyl groups is 1. The highest BCUT2D eigenvalue weighted by atomic mass is 19.1. The standard InChI is InChI=1S/C16H17FN2O2/c1-11-7-8-13(17)14(9-11)18-16(21)19-15(10-20)12-5-3-2-4-6-12/h2-9,15,20H,10H2,1H3,(H2,18,19,21). The molecule has 0 bridgehead atoms. The number of hydrogen-bond donors (Lipinski definition) is 3. The van der Waals surface area contributed by atoms with Crippen LogP contribution in [0.4, 0.5) is 14.9 Å². The van der Waals surface area contributed by atoms with Gasteiger partial charge in [-0.05, 0) is 30.2 Å². The Labute approximate surface area is 122 Å². The molecule has 0 aliphatic carbocycles. The maximum Gasteiger partial charge on any atom is 0.319 e. The third-order valence-electron chi connectivity index (χ3n) is 3.06. The topological polar surface area (TPSA) is 61.4 Å². The zero-order valence-corrected chi connectivity index (χ0v) is 11.6. The Morgan fingerprint density at radius 1 is 1.24 bits per heavy atom. The van der Waals surface area contributed by atoms with E-state index in [4.69, 9.17) is 0 Å². The lowest BCUT2D eigenvalue weighted by Gasteiger charge is -2.17. The average molecular weight is 288 g/mol. The predicted molar refractivity (Wildman–Crippen MR) is 79.6 cm³/mol. The third kappa shape index (κ3) is 4.03. The molecule has 0 heterocycles. The highest BCUT2D eigenvalue weighted by molar-refractivity contribution is 5.89. The molecule has 5 heteroatoms. The summed E-state index contributed by atoms with van der Waals surface area (Å²) in [5, 5.41) is 14.4. The van der Waals surface area contributed by atoms with Crippen LogP contribution in [-0.2, 0) is 0 Å². The van der Waals surface area contributed by atoms with Gasteiger partial charge < -0.3 is 15.7 Å². The van der Waals surface area contributed by atoms with Crippen LogP contribution >= 0.6 is 0 Å². The second-order valence-electron chi connectivity index (χ2n) is 4.73. The summed E-state index contributed by atoms with van der Waals surface area (Å²) >= 11 is 0. The summed E-state index contributed by atoms with van der Waals surface area (Å²) < 4.78 is 13.6. The smallest absolute Gasteiger partial charge is 0.319 e. The number of aryl methyl sites for hydroxylation is 1. The van der Waals surface area contributed by atoms with Crippen molar-refractivity contribution in [1.29, 1.82) is 0 Å². The van der Waals surface area contributed by atoms with Crippen molar-refractivity contribution in [3.8, 4) is 0 Å². The van der Waals surface area contributed by atoms with Gasteiger partial charge in [0.15, 0.2) is 0 Å². The normalized spacial score (nSPS) is 11.8. The number of carbonyl (C=O) groups is 1. The van der Waals surface area contributed by atoms with E-state index in [2.05, 4.69) is 10.6 Å². The molecule has 21 heavy (non-hydrogen) atoms. The Morgan fingerprint density at radius 3 is 2.62 bits per heavy atom. The number of hydrogen-bond acceptors (Lipinski definition) is 2. The molecule has 3 N–H and O–H groups in total. The summed E-state index contributed by atoms with van der Waals surface area (Å²) in [6.07, 6.45) is 0. The molecule has 2 aromatic carbocycles. The van der Waals surface area contributed by atoms with Crippen LogP contribution in [0.5, 0.6) is 0 Å². The van der Waals surface area contributed by atoms with Gasteiger partial charge in [0.2, 0.25) is 0 Å². The first-order valence-electron chi connectivity index (χ1n) is 6.59. The van der Waals surface area contributed by atoms with Gasteiger partial charge in [-0.15, -0.1) is 0 Å². The molecule has 0 saturated heterocycles. The van der Waals surface area contributed by atoms with Gasteiger partial charge in [-0.2, -0.15) is 0 Å². The molecule has 0 spiro atoms. The summed E-state index contributed by atoms with van der Waals surface area (Å²) in [5.74, 6) is -0.504. The summed E-state index contributed by atoms with van der Waals surface area (Å²) in [6.45, 7) is 1.57.